The van der Waals surface area contributed by atoms with E-state index in [2.05, 4.69) is 27.7 Å². The van der Waals surface area contributed by atoms with Crippen molar-refractivity contribution in [2.24, 2.45) is 46.3 Å². The number of ketones is 1. The van der Waals surface area contributed by atoms with Crippen molar-refractivity contribution >= 4 is 11.8 Å². The van der Waals surface area contributed by atoms with Gasteiger partial charge in [-0.15, -0.1) is 0 Å². The molecule has 3 heteroatoms. The summed E-state index contributed by atoms with van der Waals surface area (Å²) >= 11 is 0. The second kappa shape index (κ2) is 3.31. The van der Waals surface area contributed by atoms with E-state index in [9.17, 15) is 9.59 Å². The highest BCUT2D eigenvalue weighted by Gasteiger charge is 2.83. The predicted molar refractivity (Wildman–Crippen MR) is 73.7 cm³/mol. The molecule has 0 heterocycles. The van der Waals surface area contributed by atoms with E-state index in [1.54, 1.807) is 0 Å². The maximum Gasteiger partial charge on any atom is 0.302 e. The smallest absolute Gasteiger partial charge is 0.302 e. The molecule has 4 rings (SSSR count). The van der Waals surface area contributed by atoms with Crippen molar-refractivity contribution in [1.29, 1.82) is 0 Å². The topological polar surface area (TPSA) is 43.4 Å². The molecule has 4 fully saturated rings. The average Bonchev–Trinajstić information content (AvgIpc) is 2.91. The van der Waals surface area contributed by atoms with Gasteiger partial charge in [-0.2, -0.15) is 0 Å². The summed E-state index contributed by atoms with van der Waals surface area (Å²) in [6, 6.07) is 0. The molecule has 0 aromatic carbocycles. The Balaban J connectivity index is 1.77. The normalized spacial score (nSPS) is 57.5. The van der Waals surface area contributed by atoms with E-state index in [1.807, 2.05) is 0 Å². The number of Topliss-reactive ketones (excluding diaryl/α,β-unsaturated/α-hetero) is 1. The van der Waals surface area contributed by atoms with Crippen LogP contribution in [0.25, 0.3) is 0 Å². The van der Waals surface area contributed by atoms with Gasteiger partial charge in [0.2, 0.25) is 0 Å². The van der Waals surface area contributed by atoms with Crippen LogP contribution >= 0.6 is 0 Å². The molecule has 4 saturated carbocycles. The minimum absolute atomic E-state index is 0.0169. The second-order valence-electron chi connectivity index (χ2n) is 8.53. The highest BCUT2D eigenvalue weighted by molar-refractivity contribution is 5.91. The first-order chi connectivity index (χ1) is 9.21. The lowest BCUT2D eigenvalue weighted by molar-refractivity contribution is -0.157. The lowest BCUT2D eigenvalue weighted by atomic mass is 9.67. The number of hydrogen-bond donors (Lipinski definition) is 0. The van der Waals surface area contributed by atoms with Gasteiger partial charge in [-0.25, -0.2) is 0 Å². The number of carbonyl (C=O) groups excluding carboxylic acids is 2. The van der Waals surface area contributed by atoms with E-state index in [4.69, 9.17) is 4.74 Å². The van der Waals surface area contributed by atoms with Gasteiger partial charge < -0.3 is 4.74 Å². The molecule has 0 N–H and O–H groups in total. The van der Waals surface area contributed by atoms with Crippen molar-refractivity contribution in [2.45, 2.75) is 47.1 Å². The molecule has 0 aromatic heterocycles. The van der Waals surface area contributed by atoms with Crippen LogP contribution in [0, 0.1) is 46.3 Å². The Kier molecular flexibility index (Phi) is 2.12. The highest BCUT2D eigenvalue weighted by atomic mass is 16.5. The van der Waals surface area contributed by atoms with Crippen LogP contribution in [-0.4, -0.2) is 17.9 Å². The molecular formula is C17H24O3. The Morgan fingerprint density at radius 2 is 1.90 bits per heavy atom. The van der Waals surface area contributed by atoms with Crippen LogP contribution in [0.2, 0.25) is 0 Å². The summed E-state index contributed by atoms with van der Waals surface area (Å²) < 4.78 is 5.76. The van der Waals surface area contributed by atoms with E-state index in [0.717, 1.165) is 6.42 Å². The van der Waals surface area contributed by atoms with Crippen LogP contribution in [-0.2, 0) is 14.3 Å². The Morgan fingerprint density at radius 1 is 1.25 bits per heavy atom. The van der Waals surface area contributed by atoms with E-state index >= 15 is 0 Å². The van der Waals surface area contributed by atoms with Crippen molar-refractivity contribution in [3.05, 3.63) is 0 Å². The monoisotopic (exact) mass is 276 g/mol. The highest BCUT2D eigenvalue weighted by Crippen LogP contribution is 2.82. The van der Waals surface area contributed by atoms with E-state index < -0.39 is 0 Å². The van der Waals surface area contributed by atoms with Gasteiger partial charge in [0.25, 0.3) is 0 Å². The zero-order chi connectivity index (χ0) is 14.6. The van der Waals surface area contributed by atoms with Gasteiger partial charge in [0.15, 0.2) is 0 Å². The fourth-order valence-corrected chi connectivity index (χ4v) is 6.57. The number of hydrogen-bond acceptors (Lipinski definition) is 3. The number of fused-ring (bicyclic) bond motifs is 4. The SMILES string of the molecule is CC(=O)O[C@@H]1[C@@H]2[C@H](CC1(C)C)C1C3C(=O)[C@H](C)[C@]2(C)[C@H]31. The Hall–Kier alpha value is -0.860. The van der Waals surface area contributed by atoms with Gasteiger partial charge >= 0.3 is 5.97 Å². The molecule has 3 nitrogen and oxygen atoms in total. The largest absolute Gasteiger partial charge is 0.462 e. The summed E-state index contributed by atoms with van der Waals surface area (Å²) in [4.78, 5) is 24.0. The Bertz CT molecular complexity index is 522. The lowest BCUT2D eigenvalue weighted by Crippen LogP contribution is -2.43. The standard InChI is InChI=1S/C17H24O3/c1-7-14(19)11-10-9-6-16(3,4)15(20-8(2)18)12(9)17(7,5)13(10)11/h7,9-13,15H,6H2,1-5H3/t7-,9+,10?,11?,12-,13-,15+,17-/m0/s1. The molecule has 4 aliphatic carbocycles. The second-order valence-corrected chi connectivity index (χ2v) is 8.53. The summed E-state index contributed by atoms with van der Waals surface area (Å²) in [5.41, 5.74) is 0.103. The number of ether oxygens (including phenoxy) is 1. The lowest BCUT2D eigenvalue weighted by Gasteiger charge is -2.40. The molecule has 0 spiro atoms. The minimum atomic E-state index is -0.179. The zero-order valence-corrected chi connectivity index (χ0v) is 13.0. The molecule has 4 aliphatic rings. The average molecular weight is 276 g/mol. The van der Waals surface area contributed by atoms with Gasteiger partial charge in [0.1, 0.15) is 11.9 Å². The van der Waals surface area contributed by atoms with Crippen LogP contribution in [0.1, 0.15) is 41.0 Å². The summed E-state index contributed by atoms with van der Waals surface area (Å²) in [6.07, 6.45) is 1.08. The fourth-order valence-electron chi connectivity index (χ4n) is 6.57. The first-order valence-corrected chi connectivity index (χ1v) is 7.92. The van der Waals surface area contributed by atoms with Crippen molar-refractivity contribution in [3.63, 3.8) is 0 Å². The predicted octanol–water partition coefficient (Wildman–Crippen LogP) is 2.68. The van der Waals surface area contributed by atoms with Crippen molar-refractivity contribution in [3.8, 4) is 0 Å². The number of esters is 1. The van der Waals surface area contributed by atoms with Gasteiger partial charge in [0.05, 0.1) is 0 Å². The molecule has 0 amide bonds. The summed E-state index contributed by atoms with van der Waals surface area (Å²) in [7, 11) is 0. The van der Waals surface area contributed by atoms with Crippen molar-refractivity contribution < 1.29 is 14.3 Å². The quantitative estimate of drug-likeness (QED) is 0.692. The Morgan fingerprint density at radius 3 is 2.50 bits per heavy atom. The van der Waals surface area contributed by atoms with E-state index in [-0.39, 0.29) is 28.8 Å². The molecule has 20 heavy (non-hydrogen) atoms. The first kappa shape index (κ1) is 12.8. The molecule has 0 aromatic rings. The zero-order valence-electron chi connectivity index (χ0n) is 13.0. The molecule has 2 unspecified atom stereocenters. The van der Waals surface area contributed by atoms with Crippen LogP contribution in [0.5, 0.6) is 0 Å². The molecule has 0 radical (unpaired) electrons. The maximum atomic E-state index is 12.4. The van der Waals surface area contributed by atoms with Crippen LogP contribution in [0.15, 0.2) is 0 Å². The third kappa shape index (κ3) is 1.16. The molecule has 8 atom stereocenters. The van der Waals surface area contributed by atoms with E-state index in [1.165, 1.54) is 6.92 Å². The first-order valence-electron chi connectivity index (χ1n) is 7.92. The third-order valence-electron chi connectivity index (χ3n) is 7.31. The summed E-state index contributed by atoms with van der Waals surface area (Å²) in [6.45, 7) is 10.3. The third-order valence-corrected chi connectivity index (χ3v) is 7.31. The van der Waals surface area contributed by atoms with Crippen LogP contribution in [0.3, 0.4) is 0 Å². The van der Waals surface area contributed by atoms with Gasteiger partial charge in [-0.1, -0.05) is 27.7 Å². The fraction of sp³-hybridized carbons (Fsp3) is 0.882. The molecule has 110 valence electrons. The van der Waals surface area contributed by atoms with E-state index in [0.29, 0.717) is 35.4 Å². The molecule has 0 saturated heterocycles. The summed E-state index contributed by atoms with van der Waals surface area (Å²) in [5.74, 6) is 2.91. The van der Waals surface area contributed by atoms with Crippen LogP contribution < -0.4 is 0 Å². The molecule has 0 bridgehead atoms. The van der Waals surface area contributed by atoms with Gasteiger partial charge in [-0.05, 0) is 29.6 Å². The number of carbonyl (C=O) groups is 2. The van der Waals surface area contributed by atoms with Crippen LogP contribution in [0.4, 0.5) is 0 Å². The Labute approximate surface area is 120 Å². The molecule has 0 aliphatic heterocycles. The van der Waals surface area contributed by atoms with Gasteiger partial charge in [0, 0.05) is 30.1 Å². The van der Waals surface area contributed by atoms with Crippen molar-refractivity contribution in [1.82, 2.24) is 0 Å². The summed E-state index contributed by atoms with van der Waals surface area (Å²) in [5, 5.41) is 0. The van der Waals surface area contributed by atoms with Gasteiger partial charge in [-0.3, -0.25) is 9.59 Å². The number of rotatable bonds is 1. The minimum Gasteiger partial charge on any atom is -0.462 e. The van der Waals surface area contributed by atoms with Crippen molar-refractivity contribution in [2.75, 3.05) is 0 Å². The maximum absolute atomic E-state index is 12.4. The molecular weight excluding hydrogens is 252 g/mol.